The van der Waals surface area contributed by atoms with E-state index in [1.807, 2.05) is 12.1 Å². The van der Waals surface area contributed by atoms with E-state index in [0.717, 1.165) is 23.5 Å². The lowest BCUT2D eigenvalue weighted by Gasteiger charge is -2.06. The van der Waals surface area contributed by atoms with Crippen LogP contribution in [0.5, 0.6) is 11.5 Å². The van der Waals surface area contributed by atoms with E-state index in [1.165, 1.54) is 11.1 Å². The van der Waals surface area contributed by atoms with Crippen LogP contribution in [0.15, 0.2) is 42.5 Å². The van der Waals surface area contributed by atoms with Crippen LogP contribution in [0.3, 0.4) is 0 Å². The van der Waals surface area contributed by atoms with E-state index in [9.17, 15) is 0 Å². The van der Waals surface area contributed by atoms with Crippen LogP contribution >= 0.6 is 0 Å². The summed E-state index contributed by atoms with van der Waals surface area (Å²) in [5, 5.41) is 0. The van der Waals surface area contributed by atoms with Gasteiger partial charge in [-0.25, -0.2) is 0 Å². The average molecular weight is 241 g/mol. The van der Waals surface area contributed by atoms with Crippen molar-refractivity contribution in [1.29, 1.82) is 0 Å². The summed E-state index contributed by atoms with van der Waals surface area (Å²) in [6.45, 7) is 0.983. The second kappa shape index (κ2) is 4.70. The predicted octanol–water partition coefficient (Wildman–Crippen LogP) is 2.58. The van der Waals surface area contributed by atoms with Crippen molar-refractivity contribution in [3.8, 4) is 22.6 Å². The monoisotopic (exact) mass is 241 g/mol. The first kappa shape index (κ1) is 11.1. The van der Waals surface area contributed by atoms with Crippen LogP contribution in [0.25, 0.3) is 11.1 Å². The number of rotatable bonds is 3. The molecule has 0 bridgehead atoms. The first-order valence-corrected chi connectivity index (χ1v) is 6.06. The molecule has 0 saturated carbocycles. The first-order chi connectivity index (χ1) is 8.86. The number of fused-ring (bicyclic) bond motifs is 1. The smallest absolute Gasteiger partial charge is 0.231 e. The zero-order chi connectivity index (χ0) is 12.4. The fourth-order valence-electron chi connectivity index (χ4n) is 2.15. The summed E-state index contributed by atoms with van der Waals surface area (Å²) in [6, 6.07) is 14.4. The molecule has 0 aliphatic carbocycles. The van der Waals surface area contributed by atoms with Gasteiger partial charge >= 0.3 is 0 Å². The molecule has 2 N–H and O–H groups in total. The maximum absolute atomic E-state index is 5.59. The molecule has 0 unspecified atom stereocenters. The van der Waals surface area contributed by atoms with Crippen molar-refractivity contribution in [2.75, 3.05) is 13.3 Å². The Morgan fingerprint density at radius 2 is 1.78 bits per heavy atom. The summed E-state index contributed by atoms with van der Waals surface area (Å²) in [5.74, 6) is 1.63. The minimum Gasteiger partial charge on any atom is -0.454 e. The molecule has 0 atom stereocenters. The zero-order valence-corrected chi connectivity index (χ0v) is 10.1. The van der Waals surface area contributed by atoms with Gasteiger partial charge in [0.15, 0.2) is 11.5 Å². The molecule has 3 nitrogen and oxygen atoms in total. The molecular formula is C15H15NO2. The van der Waals surface area contributed by atoms with Crippen molar-refractivity contribution >= 4 is 0 Å². The fourth-order valence-corrected chi connectivity index (χ4v) is 2.15. The first-order valence-electron chi connectivity index (χ1n) is 6.06. The van der Waals surface area contributed by atoms with Crippen LogP contribution in [-0.2, 0) is 6.42 Å². The molecule has 0 aromatic heterocycles. The highest BCUT2D eigenvalue weighted by Gasteiger charge is 2.13. The Balaban J connectivity index is 1.96. The van der Waals surface area contributed by atoms with E-state index < -0.39 is 0 Å². The molecule has 0 spiro atoms. The van der Waals surface area contributed by atoms with Gasteiger partial charge in [-0.15, -0.1) is 0 Å². The van der Waals surface area contributed by atoms with Gasteiger partial charge in [-0.1, -0.05) is 30.3 Å². The lowest BCUT2D eigenvalue weighted by Crippen LogP contribution is -2.02. The molecule has 0 radical (unpaired) electrons. The van der Waals surface area contributed by atoms with Crippen LogP contribution in [0.4, 0.5) is 0 Å². The second-order valence-electron chi connectivity index (χ2n) is 4.31. The van der Waals surface area contributed by atoms with Gasteiger partial charge in [0.05, 0.1) is 0 Å². The topological polar surface area (TPSA) is 44.5 Å². The quantitative estimate of drug-likeness (QED) is 0.898. The van der Waals surface area contributed by atoms with Crippen molar-refractivity contribution in [2.45, 2.75) is 6.42 Å². The molecule has 3 heteroatoms. The molecule has 3 rings (SSSR count). The van der Waals surface area contributed by atoms with Gasteiger partial charge in [0, 0.05) is 0 Å². The standard InChI is InChI=1S/C15H15NO2/c16-7-6-11-2-1-3-12(8-11)13-4-5-14-15(9-13)18-10-17-14/h1-5,8-9H,6-7,10,16H2. The lowest BCUT2D eigenvalue weighted by molar-refractivity contribution is 0.174. The molecule has 0 saturated heterocycles. The Bertz CT molecular complexity index is 566. The molecule has 18 heavy (non-hydrogen) atoms. The Kier molecular flexibility index (Phi) is 2.90. The maximum Gasteiger partial charge on any atom is 0.231 e. The van der Waals surface area contributed by atoms with E-state index in [1.54, 1.807) is 0 Å². The SMILES string of the molecule is NCCc1cccc(-c2ccc3c(c2)OCO3)c1. The molecule has 0 amide bonds. The van der Waals surface area contributed by atoms with E-state index in [4.69, 9.17) is 15.2 Å². The zero-order valence-electron chi connectivity index (χ0n) is 10.1. The van der Waals surface area contributed by atoms with Crippen LogP contribution < -0.4 is 15.2 Å². The third-order valence-corrected chi connectivity index (χ3v) is 3.07. The number of hydrogen-bond donors (Lipinski definition) is 1. The highest BCUT2D eigenvalue weighted by atomic mass is 16.7. The van der Waals surface area contributed by atoms with Gasteiger partial charge in [-0.2, -0.15) is 0 Å². The average Bonchev–Trinajstić information content (AvgIpc) is 2.86. The van der Waals surface area contributed by atoms with Crippen LogP contribution in [0, 0.1) is 0 Å². The Labute approximate surface area is 106 Å². The van der Waals surface area contributed by atoms with E-state index in [0.29, 0.717) is 13.3 Å². The number of benzene rings is 2. The normalized spacial score (nSPS) is 12.7. The maximum atomic E-state index is 5.59. The summed E-state index contributed by atoms with van der Waals surface area (Å²) >= 11 is 0. The second-order valence-corrected chi connectivity index (χ2v) is 4.31. The molecule has 92 valence electrons. The van der Waals surface area contributed by atoms with Crippen molar-refractivity contribution in [3.05, 3.63) is 48.0 Å². The van der Waals surface area contributed by atoms with Gasteiger partial charge in [0.25, 0.3) is 0 Å². The van der Waals surface area contributed by atoms with Crippen molar-refractivity contribution < 1.29 is 9.47 Å². The highest BCUT2D eigenvalue weighted by Crippen LogP contribution is 2.35. The highest BCUT2D eigenvalue weighted by molar-refractivity contribution is 5.68. The molecule has 2 aromatic carbocycles. The predicted molar refractivity (Wildman–Crippen MR) is 70.8 cm³/mol. The number of nitrogens with two attached hydrogens (primary N) is 1. The fraction of sp³-hybridized carbons (Fsp3) is 0.200. The molecule has 1 heterocycles. The summed E-state index contributed by atoms with van der Waals surface area (Å²) < 4.78 is 10.7. The van der Waals surface area contributed by atoms with Gasteiger partial charge in [-0.05, 0) is 41.8 Å². The number of hydrogen-bond acceptors (Lipinski definition) is 3. The van der Waals surface area contributed by atoms with E-state index in [-0.39, 0.29) is 0 Å². The summed E-state index contributed by atoms with van der Waals surface area (Å²) in [4.78, 5) is 0. The van der Waals surface area contributed by atoms with Crippen molar-refractivity contribution in [1.82, 2.24) is 0 Å². The summed E-state index contributed by atoms with van der Waals surface area (Å²) in [7, 11) is 0. The number of ether oxygens (including phenoxy) is 2. The van der Waals surface area contributed by atoms with Crippen molar-refractivity contribution in [3.63, 3.8) is 0 Å². The van der Waals surface area contributed by atoms with E-state index >= 15 is 0 Å². The van der Waals surface area contributed by atoms with Crippen molar-refractivity contribution in [2.24, 2.45) is 5.73 Å². The minimum atomic E-state index is 0.312. The largest absolute Gasteiger partial charge is 0.454 e. The lowest BCUT2D eigenvalue weighted by atomic mass is 10.0. The van der Waals surface area contributed by atoms with Gasteiger partial charge in [0.2, 0.25) is 6.79 Å². The van der Waals surface area contributed by atoms with Gasteiger partial charge in [-0.3, -0.25) is 0 Å². The third-order valence-electron chi connectivity index (χ3n) is 3.07. The van der Waals surface area contributed by atoms with Crippen LogP contribution in [0.1, 0.15) is 5.56 Å². The van der Waals surface area contributed by atoms with Crippen LogP contribution in [-0.4, -0.2) is 13.3 Å². The minimum absolute atomic E-state index is 0.312. The summed E-state index contributed by atoms with van der Waals surface area (Å²) in [5.41, 5.74) is 9.16. The van der Waals surface area contributed by atoms with Gasteiger partial charge < -0.3 is 15.2 Å². The van der Waals surface area contributed by atoms with Crippen LogP contribution in [0.2, 0.25) is 0 Å². The molecule has 1 aliphatic heterocycles. The molecule has 2 aromatic rings. The summed E-state index contributed by atoms with van der Waals surface area (Å²) in [6.07, 6.45) is 0.901. The van der Waals surface area contributed by atoms with Gasteiger partial charge in [0.1, 0.15) is 0 Å². The third kappa shape index (κ3) is 2.05. The molecule has 1 aliphatic rings. The van der Waals surface area contributed by atoms with E-state index in [2.05, 4.69) is 30.3 Å². The molecular weight excluding hydrogens is 226 g/mol. The Morgan fingerprint density at radius 1 is 0.944 bits per heavy atom. The Morgan fingerprint density at radius 3 is 2.67 bits per heavy atom. The Hall–Kier alpha value is -2.00. The molecule has 0 fully saturated rings.